The maximum Gasteiger partial charge on any atom is 0.269 e. The van der Waals surface area contributed by atoms with Crippen molar-refractivity contribution in [2.45, 2.75) is 6.42 Å². The smallest absolute Gasteiger partial charge is 0.269 e. The first-order chi connectivity index (χ1) is 14.9. The molecule has 10 nitrogen and oxygen atoms in total. The average molecular weight is 426 g/mol. The Bertz CT molecular complexity index is 1100. The van der Waals surface area contributed by atoms with Gasteiger partial charge in [-0.25, -0.2) is 0 Å². The van der Waals surface area contributed by atoms with E-state index in [-0.39, 0.29) is 35.8 Å². The topological polar surface area (TPSA) is 145 Å². The summed E-state index contributed by atoms with van der Waals surface area (Å²) in [5, 5.41) is 0.935. The Balaban J connectivity index is 1.68. The summed E-state index contributed by atoms with van der Waals surface area (Å²) in [6.07, 6.45) is 1.84. The molecule has 1 heterocycles. The van der Waals surface area contributed by atoms with Crippen LogP contribution in [0.2, 0.25) is 0 Å². The van der Waals surface area contributed by atoms with E-state index in [2.05, 4.69) is 15.8 Å². The highest BCUT2D eigenvalue weighted by molar-refractivity contribution is 5.97. The zero-order valence-electron chi connectivity index (χ0n) is 17.0. The molecule has 0 unspecified atom stereocenters. The van der Waals surface area contributed by atoms with E-state index in [9.17, 15) is 14.4 Å². The molecule has 2 aromatic carbocycles. The molecule has 0 bridgehead atoms. The molecule has 3 rings (SSSR count). The number of nitrogens with one attached hydrogen (secondary N) is 3. The number of benzene rings is 2. The summed E-state index contributed by atoms with van der Waals surface area (Å²) in [6, 6.07) is 10.4. The van der Waals surface area contributed by atoms with Gasteiger partial charge in [0, 0.05) is 22.7 Å². The van der Waals surface area contributed by atoms with Crippen LogP contribution in [-0.4, -0.2) is 43.5 Å². The molecule has 0 radical (unpaired) electrons. The Hall–Kier alpha value is -4.21. The first-order valence-corrected chi connectivity index (χ1v) is 9.24. The molecule has 0 spiro atoms. The van der Waals surface area contributed by atoms with Crippen molar-refractivity contribution in [2.24, 2.45) is 5.73 Å². The zero-order chi connectivity index (χ0) is 22.4. The minimum Gasteiger partial charge on any atom is -0.493 e. The number of primary amides is 1. The van der Waals surface area contributed by atoms with E-state index in [1.165, 1.54) is 26.4 Å². The molecular weight excluding hydrogens is 404 g/mol. The molecule has 0 aliphatic rings. The molecule has 31 heavy (non-hydrogen) atoms. The van der Waals surface area contributed by atoms with Crippen LogP contribution in [0.4, 0.5) is 0 Å². The Labute approximate surface area is 177 Å². The van der Waals surface area contributed by atoms with Gasteiger partial charge in [-0.15, -0.1) is 0 Å². The second-order valence-electron chi connectivity index (χ2n) is 6.50. The summed E-state index contributed by atoms with van der Waals surface area (Å²) >= 11 is 0. The van der Waals surface area contributed by atoms with Crippen molar-refractivity contribution < 1.29 is 28.6 Å². The Kier molecular flexibility index (Phi) is 6.61. The van der Waals surface area contributed by atoms with Gasteiger partial charge in [0.1, 0.15) is 0 Å². The number of carbonyl (C=O) groups excluding carboxylic acids is 3. The SMILES string of the molecule is COc1cc(C(=O)NNC(=O)Cc2c[nH]c3ccccc23)cc(OC)c1OCC(N)=O. The number of ether oxygens (including phenoxy) is 3. The molecule has 0 aliphatic carbocycles. The van der Waals surface area contributed by atoms with Crippen LogP contribution in [0.15, 0.2) is 42.6 Å². The van der Waals surface area contributed by atoms with E-state index in [1.807, 2.05) is 24.3 Å². The van der Waals surface area contributed by atoms with Crippen LogP contribution < -0.4 is 30.8 Å². The lowest BCUT2D eigenvalue weighted by atomic mass is 10.1. The fourth-order valence-corrected chi connectivity index (χ4v) is 2.99. The van der Waals surface area contributed by atoms with Crippen LogP contribution in [0, 0.1) is 0 Å². The van der Waals surface area contributed by atoms with Crippen LogP contribution in [0.25, 0.3) is 10.9 Å². The van der Waals surface area contributed by atoms with Gasteiger partial charge in [-0.3, -0.25) is 25.2 Å². The monoisotopic (exact) mass is 426 g/mol. The Morgan fingerprint density at radius 1 is 1.03 bits per heavy atom. The largest absolute Gasteiger partial charge is 0.493 e. The minimum atomic E-state index is -0.677. The van der Waals surface area contributed by atoms with Crippen molar-refractivity contribution >= 4 is 28.6 Å². The van der Waals surface area contributed by atoms with Crippen molar-refractivity contribution in [1.82, 2.24) is 15.8 Å². The number of para-hydroxylation sites is 1. The van der Waals surface area contributed by atoms with Crippen molar-refractivity contribution in [3.8, 4) is 17.2 Å². The molecule has 0 saturated heterocycles. The lowest BCUT2D eigenvalue weighted by molar-refractivity contribution is -0.121. The number of hydrogen-bond acceptors (Lipinski definition) is 6. The van der Waals surface area contributed by atoms with Gasteiger partial charge in [0.25, 0.3) is 11.8 Å². The van der Waals surface area contributed by atoms with Gasteiger partial charge < -0.3 is 24.9 Å². The number of aromatic nitrogens is 1. The Morgan fingerprint density at radius 2 is 1.71 bits per heavy atom. The van der Waals surface area contributed by atoms with E-state index in [0.29, 0.717) is 0 Å². The number of hydrogen-bond donors (Lipinski definition) is 4. The number of hydrazine groups is 1. The molecule has 0 saturated carbocycles. The van der Waals surface area contributed by atoms with Gasteiger partial charge in [0.15, 0.2) is 18.1 Å². The summed E-state index contributed by atoms with van der Waals surface area (Å²) in [6.45, 7) is -0.387. The summed E-state index contributed by atoms with van der Waals surface area (Å²) in [5.41, 5.74) is 11.7. The maximum absolute atomic E-state index is 12.5. The third-order valence-electron chi connectivity index (χ3n) is 4.42. The highest BCUT2D eigenvalue weighted by Gasteiger charge is 2.19. The molecule has 0 aliphatic heterocycles. The van der Waals surface area contributed by atoms with Crippen LogP contribution in [-0.2, 0) is 16.0 Å². The first-order valence-electron chi connectivity index (χ1n) is 9.24. The number of amides is 3. The molecule has 162 valence electrons. The normalized spacial score (nSPS) is 10.4. The van der Waals surface area contributed by atoms with Crippen molar-refractivity contribution in [1.29, 1.82) is 0 Å². The summed E-state index contributed by atoms with van der Waals surface area (Å²) in [4.78, 5) is 38.9. The molecule has 3 amide bonds. The second-order valence-corrected chi connectivity index (χ2v) is 6.50. The zero-order valence-corrected chi connectivity index (χ0v) is 17.0. The Morgan fingerprint density at radius 3 is 2.35 bits per heavy atom. The first kappa shape index (κ1) is 21.5. The highest BCUT2D eigenvalue weighted by atomic mass is 16.5. The third kappa shape index (κ3) is 5.04. The number of rotatable bonds is 8. The van der Waals surface area contributed by atoms with Gasteiger partial charge in [-0.1, -0.05) is 18.2 Å². The number of nitrogens with two attached hydrogens (primary N) is 1. The fourth-order valence-electron chi connectivity index (χ4n) is 2.99. The van der Waals surface area contributed by atoms with Crippen LogP contribution in [0.3, 0.4) is 0 Å². The molecule has 3 aromatic rings. The van der Waals surface area contributed by atoms with Gasteiger partial charge in [0.05, 0.1) is 20.6 Å². The number of methoxy groups -OCH3 is 2. The number of H-pyrrole nitrogens is 1. The summed E-state index contributed by atoms with van der Waals surface area (Å²) < 4.78 is 15.7. The molecule has 0 atom stereocenters. The molecule has 5 N–H and O–H groups in total. The van der Waals surface area contributed by atoms with Gasteiger partial charge in [0.2, 0.25) is 11.7 Å². The van der Waals surface area contributed by atoms with Crippen molar-refractivity contribution in [2.75, 3.05) is 20.8 Å². The molecule has 1 aromatic heterocycles. The van der Waals surface area contributed by atoms with E-state index < -0.39 is 17.7 Å². The molecule has 0 fully saturated rings. The number of aromatic amines is 1. The van der Waals surface area contributed by atoms with Crippen LogP contribution >= 0.6 is 0 Å². The predicted octanol–water partition coefficient (Wildman–Crippen LogP) is 1.05. The number of carbonyl (C=O) groups is 3. The third-order valence-corrected chi connectivity index (χ3v) is 4.42. The predicted molar refractivity (Wildman–Crippen MR) is 112 cm³/mol. The standard InChI is InChI=1S/C21H22N4O6/c1-29-16-7-12(8-17(30-2)20(16)31-11-18(22)26)21(28)25-24-19(27)9-13-10-23-15-6-4-3-5-14(13)15/h3-8,10,23H,9,11H2,1-2H3,(H2,22,26)(H,24,27)(H,25,28). The second kappa shape index (κ2) is 9.53. The fraction of sp³-hybridized carbons (Fsp3) is 0.190. The molecular formula is C21H22N4O6. The summed E-state index contributed by atoms with van der Waals surface area (Å²) in [5.74, 6) is -1.21. The average Bonchev–Trinajstić information content (AvgIpc) is 3.18. The van der Waals surface area contributed by atoms with Gasteiger partial charge in [-0.2, -0.15) is 0 Å². The lowest BCUT2D eigenvalue weighted by Crippen LogP contribution is -2.42. The maximum atomic E-state index is 12.5. The van der Waals surface area contributed by atoms with Crippen LogP contribution in [0.5, 0.6) is 17.2 Å². The summed E-state index contributed by atoms with van der Waals surface area (Å²) in [7, 11) is 2.74. The lowest BCUT2D eigenvalue weighted by Gasteiger charge is -2.15. The van der Waals surface area contributed by atoms with E-state index in [4.69, 9.17) is 19.9 Å². The van der Waals surface area contributed by atoms with Gasteiger partial charge in [-0.05, 0) is 23.8 Å². The van der Waals surface area contributed by atoms with Crippen LogP contribution in [0.1, 0.15) is 15.9 Å². The van der Waals surface area contributed by atoms with Crippen molar-refractivity contribution in [3.05, 3.63) is 53.7 Å². The highest BCUT2D eigenvalue weighted by Crippen LogP contribution is 2.38. The van der Waals surface area contributed by atoms with Crippen molar-refractivity contribution in [3.63, 3.8) is 0 Å². The van der Waals surface area contributed by atoms with E-state index >= 15 is 0 Å². The van der Waals surface area contributed by atoms with Gasteiger partial charge >= 0.3 is 0 Å². The van der Waals surface area contributed by atoms with E-state index in [0.717, 1.165) is 16.5 Å². The molecule has 10 heteroatoms. The number of fused-ring (bicyclic) bond motifs is 1. The minimum absolute atomic E-state index is 0.0802. The quantitative estimate of drug-likeness (QED) is 0.396. The van der Waals surface area contributed by atoms with E-state index in [1.54, 1.807) is 6.20 Å².